The van der Waals surface area contributed by atoms with Crippen LogP contribution in [0.4, 0.5) is 0 Å². The van der Waals surface area contributed by atoms with Crippen molar-refractivity contribution in [2.24, 2.45) is 5.73 Å². The lowest BCUT2D eigenvalue weighted by atomic mass is 10.0. The molecule has 1 atom stereocenters. The van der Waals surface area contributed by atoms with Crippen LogP contribution in [0.2, 0.25) is 0 Å². The first-order valence-electron chi connectivity index (χ1n) is 5.11. The van der Waals surface area contributed by atoms with E-state index >= 15 is 0 Å². The zero-order valence-corrected chi connectivity index (χ0v) is 9.02. The van der Waals surface area contributed by atoms with Gasteiger partial charge >= 0.3 is 5.97 Å². The monoisotopic (exact) mass is 232 g/mol. The Bertz CT molecular complexity index is 510. The number of carbonyl (C=O) groups is 1. The summed E-state index contributed by atoms with van der Waals surface area (Å²) in [5.41, 5.74) is 7.07. The molecule has 1 heterocycles. The van der Waals surface area contributed by atoms with Gasteiger partial charge < -0.3 is 10.8 Å². The number of hydrogen-bond acceptors (Lipinski definition) is 4. The molecule has 0 bridgehead atoms. The Morgan fingerprint density at radius 3 is 2.65 bits per heavy atom. The van der Waals surface area contributed by atoms with Gasteiger partial charge in [-0.05, 0) is 11.6 Å². The van der Waals surface area contributed by atoms with E-state index in [1.165, 1.54) is 4.80 Å². The zero-order valence-electron chi connectivity index (χ0n) is 9.02. The molecule has 2 aromatic rings. The molecular formula is C11H12N4O2. The highest BCUT2D eigenvalue weighted by atomic mass is 16.4. The van der Waals surface area contributed by atoms with Gasteiger partial charge in [-0.15, -0.1) is 0 Å². The third kappa shape index (κ3) is 2.48. The summed E-state index contributed by atoms with van der Waals surface area (Å²) < 4.78 is 0. The van der Waals surface area contributed by atoms with Crippen LogP contribution in [-0.4, -0.2) is 32.1 Å². The topological polar surface area (TPSA) is 94.0 Å². The number of aromatic nitrogens is 3. The van der Waals surface area contributed by atoms with Gasteiger partial charge in [-0.2, -0.15) is 15.0 Å². The highest BCUT2D eigenvalue weighted by Gasteiger charge is 2.15. The molecule has 6 nitrogen and oxygen atoms in total. The third-order valence-corrected chi connectivity index (χ3v) is 2.38. The predicted molar refractivity (Wildman–Crippen MR) is 60.7 cm³/mol. The van der Waals surface area contributed by atoms with E-state index in [4.69, 9.17) is 10.8 Å². The Hall–Kier alpha value is -2.21. The molecule has 0 radical (unpaired) electrons. The molecule has 1 aromatic carbocycles. The van der Waals surface area contributed by atoms with Crippen molar-refractivity contribution >= 4 is 5.97 Å². The molecule has 0 spiro atoms. The fraction of sp³-hybridized carbons (Fsp3) is 0.182. The van der Waals surface area contributed by atoms with E-state index in [0.717, 1.165) is 11.3 Å². The number of hydrogen-bond donors (Lipinski definition) is 2. The average Bonchev–Trinajstić information content (AvgIpc) is 2.83. The lowest BCUT2D eigenvalue weighted by Gasteiger charge is -2.10. The molecular weight excluding hydrogens is 220 g/mol. The third-order valence-electron chi connectivity index (χ3n) is 2.38. The summed E-state index contributed by atoms with van der Waals surface area (Å²) >= 11 is 0. The maximum atomic E-state index is 10.7. The SMILES string of the molecule is NC(Cc1ccccc1-n1nccn1)C(=O)O. The van der Waals surface area contributed by atoms with Crippen molar-refractivity contribution in [2.45, 2.75) is 12.5 Å². The molecule has 17 heavy (non-hydrogen) atoms. The number of rotatable bonds is 4. The van der Waals surface area contributed by atoms with E-state index in [1.807, 2.05) is 24.3 Å². The Kier molecular flexibility index (Phi) is 3.15. The highest BCUT2D eigenvalue weighted by Crippen LogP contribution is 2.13. The van der Waals surface area contributed by atoms with Crippen molar-refractivity contribution in [3.8, 4) is 5.69 Å². The molecule has 0 amide bonds. The van der Waals surface area contributed by atoms with Crippen molar-refractivity contribution in [2.75, 3.05) is 0 Å². The lowest BCUT2D eigenvalue weighted by molar-refractivity contribution is -0.138. The molecule has 6 heteroatoms. The van der Waals surface area contributed by atoms with E-state index in [0.29, 0.717) is 0 Å². The fourth-order valence-electron chi connectivity index (χ4n) is 1.54. The van der Waals surface area contributed by atoms with Crippen LogP contribution in [0.1, 0.15) is 5.56 Å². The van der Waals surface area contributed by atoms with Crippen LogP contribution in [0, 0.1) is 0 Å². The molecule has 0 saturated carbocycles. The van der Waals surface area contributed by atoms with Gasteiger partial charge in [0.2, 0.25) is 0 Å². The van der Waals surface area contributed by atoms with E-state index in [1.54, 1.807) is 12.4 Å². The summed E-state index contributed by atoms with van der Waals surface area (Å²) in [4.78, 5) is 12.2. The van der Waals surface area contributed by atoms with Gasteiger partial charge in [-0.3, -0.25) is 4.79 Å². The van der Waals surface area contributed by atoms with E-state index in [9.17, 15) is 4.79 Å². The van der Waals surface area contributed by atoms with Crippen LogP contribution in [0.25, 0.3) is 5.69 Å². The first-order valence-corrected chi connectivity index (χ1v) is 5.11. The second-order valence-corrected chi connectivity index (χ2v) is 3.60. The van der Waals surface area contributed by atoms with Gasteiger partial charge in [0.25, 0.3) is 0 Å². The van der Waals surface area contributed by atoms with Crippen LogP contribution in [0.15, 0.2) is 36.7 Å². The fourth-order valence-corrected chi connectivity index (χ4v) is 1.54. The Morgan fingerprint density at radius 2 is 2.00 bits per heavy atom. The normalized spacial score (nSPS) is 12.3. The molecule has 0 fully saturated rings. The van der Waals surface area contributed by atoms with Gasteiger partial charge in [-0.25, -0.2) is 0 Å². The Labute approximate surface area is 97.7 Å². The maximum Gasteiger partial charge on any atom is 0.320 e. The van der Waals surface area contributed by atoms with Crippen LogP contribution < -0.4 is 5.73 Å². The molecule has 1 unspecified atom stereocenters. The summed E-state index contributed by atoms with van der Waals surface area (Å²) in [5.74, 6) is -1.02. The minimum atomic E-state index is -1.02. The Balaban J connectivity index is 2.32. The van der Waals surface area contributed by atoms with Crippen LogP contribution >= 0.6 is 0 Å². The number of aliphatic carboxylic acids is 1. The number of carboxylic acid groups (broad SMARTS) is 1. The number of carboxylic acids is 1. The quantitative estimate of drug-likeness (QED) is 0.786. The van der Waals surface area contributed by atoms with E-state index in [2.05, 4.69) is 10.2 Å². The van der Waals surface area contributed by atoms with Gasteiger partial charge in [-0.1, -0.05) is 18.2 Å². The molecule has 0 aliphatic carbocycles. The van der Waals surface area contributed by atoms with Gasteiger partial charge in [0.1, 0.15) is 6.04 Å². The van der Waals surface area contributed by atoms with Crippen molar-refractivity contribution in [3.05, 3.63) is 42.2 Å². The minimum absolute atomic E-state index is 0.243. The van der Waals surface area contributed by atoms with Crippen molar-refractivity contribution in [1.82, 2.24) is 15.0 Å². The Morgan fingerprint density at radius 1 is 1.35 bits per heavy atom. The van der Waals surface area contributed by atoms with Crippen molar-refractivity contribution in [1.29, 1.82) is 0 Å². The summed E-state index contributed by atoms with van der Waals surface area (Å²) in [5, 5.41) is 16.8. The van der Waals surface area contributed by atoms with Crippen LogP contribution in [0.3, 0.4) is 0 Å². The number of para-hydroxylation sites is 1. The van der Waals surface area contributed by atoms with E-state index in [-0.39, 0.29) is 6.42 Å². The summed E-state index contributed by atoms with van der Waals surface area (Å²) in [7, 11) is 0. The summed E-state index contributed by atoms with van der Waals surface area (Å²) in [6.45, 7) is 0. The molecule has 0 saturated heterocycles. The summed E-state index contributed by atoms with van der Waals surface area (Å²) in [6.07, 6.45) is 3.37. The van der Waals surface area contributed by atoms with Crippen LogP contribution in [0.5, 0.6) is 0 Å². The van der Waals surface area contributed by atoms with Crippen molar-refractivity contribution < 1.29 is 9.90 Å². The molecule has 0 aliphatic heterocycles. The van der Waals surface area contributed by atoms with Gasteiger partial charge in [0, 0.05) is 6.42 Å². The molecule has 2 rings (SSSR count). The number of benzene rings is 1. The zero-order chi connectivity index (χ0) is 12.3. The molecule has 1 aromatic heterocycles. The number of nitrogens with zero attached hydrogens (tertiary/aromatic N) is 3. The standard InChI is InChI=1S/C11H12N4O2/c12-9(11(16)17)7-8-3-1-2-4-10(8)15-13-5-6-14-15/h1-6,9H,7,12H2,(H,16,17). The summed E-state index contributed by atoms with van der Waals surface area (Å²) in [6, 6.07) is 6.39. The van der Waals surface area contributed by atoms with E-state index < -0.39 is 12.0 Å². The first kappa shape index (κ1) is 11.3. The highest BCUT2D eigenvalue weighted by molar-refractivity contribution is 5.73. The maximum absolute atomic E-state index is 10.7. The second kappa shape index (κ2) is 4.75. The lowest BCUT2D eigenvalue weighted by Crippen LogP contribution is -2.32. The smallest absolute Gasteiger partial charge is 0.320 e. The largest absolute Gasteiger partial charge is 0.480 e. The molecule has 3 N–H and O–H groups in total. The minimum Gasteiger partial charge on any atom is -0.480 e. The van der Waals surface area contributed by atoms with Gasteiger partial charge in [0.05, 0.1) is 18.1 Å². The van der Waals surface area contributed by atoms with Crippen LogP contribution in [-0.2, 0) is 11.2 Å². The number of nitrogens with two attached hydrogens (primary N) is 1. The predicted octanol–water partition coefficient (Wildman–Crippen LogP) is 0.222. The average molecular weight is 232 g/mol. The van der Waals surface area contributed by atoms with Crippen molar-refractivity contribution in [3.63, 3.8) is 0 Å². The first-order chi connectivity index (χ1) is 8.18. The second-order valence-electron chi connectivity index (χ2n) is 3.60. The molecule has 0 aliphatic rings. The molecule has 88 valence electrons. The van der Waals surface area contributed by atoms with Gasteiger partial charge in [0.15, 0.2) is 0 Å².